The van der Waals surface area contributed by atoms with E-state index in [0.717, 1.165) is 25.9 Å². The Morgan fingerprint density at radius 2 is 1.82 bits per heavy atom. The molecule has 0 radical (unpaired) electrons. The number of piperidine rings is 1. The van der Waals surface area contributed by atoms with Crippen LogP contribution in [0.3, 0.4) is 0 Å². The number of aliphatic hydroxyl groups is 1. The standard InChI is InChI=1S/C13H26N2O2/c1-9(16)10-5-7-15(8-6-10)12(17)11(14)13(2,3)4/h9-11,16H,5-8,14H2,1-4H3/t9?,11-/m0/s1. The van der Waals surface area contributed by atoms with Crippen LogP contribution in [0.5, 0.6) is 0 Å². The number of amides is 1. The second-order valence-corrected chi connectivity index (χ2v) is 6.25. The topological polar surface area (TPSA) is 66.6 Å². The lowest BCUT2D eigenvalue weighted by molar-refractivity contribution is -0.136. The maximum atomic E-state index is 12.2. The summed E-state index contributed by atoms with van der Waals surface area (Å²) in [5.41, 5.74) is 5.78. The number of likely N-dealkylation sites (tertiary alicyclic amines) is 1. The molecule has 0 aromatic heterocycles. The van der Waals surface area contributed by atoms with Crippen molar-refractivity contribution < 1.29 is 9.90 Å². The van der Waals surface area contributed by atoms with Gasteiger partial charge in [-0.05, 0) is 31.1 Å². The van der Waals surface area contributed by atoms with E-state index in [9.17, 15) is 9.90 Å². The number of carbonyl (C=O) groups excluding carboxylic acids is 1. The maximum Gasteiger partial charge on any atom is 0.240 e. The van der Waals surface area contributed by atoms with Gasteiger partial charge in [0.15, 0.2) is 0 Å². The quantitative estimate of drug-likeness (QED) is 0.758. The van der Waals surface area contributed by atoms with Crippen molar-refractivity contribution in [1.82, 2.24) is 4.90 Å². The summed E-state index contributed by atoms with van der Waals surface area (Å²) in [7, 11) is 0. The zero-order valence-electron chi connectivity index (χ0n) is 11.4. The molecule has 0 aromatic rings. The Balaban J connectivity index is 2.52. The van der Waals surface area contributed by atoms with Gasteiger partial charge in [-0.15, -0.1) is 0 Å². The first-order chi connectivity index (χ1) is 7.73. The Bertz CT molecular complexity index is 263. The van der Waals surface area contributed by atoms with Crippen LogP contribution in [0.25, 0.3) is 0 Å². The molecule has 0 bridgehead atoms. The van der Waals surface area contributed by atoms with Gasteiger partial charge in [-0.3, -0.25) is 4.79 Å². The summed E-state index contributed by atoms with van der Waals surface area (Å²) in [5.74, 6) is 0.367. The number of rotatable bonds is 2. The van der Waals surface area contributed by atoms with Crippen molar-refractivity contribution in [3.8, 4) is 0 Å². The summed E-state index contributed by atoms with van der Waals surface area (Å²) in [6, 6.07) is -0.439. The molecule has 1 unspecified atom stereocenters. The van der Waals surface area contributed by atoms with Crippen LogP contribution in [-0.4, -0.2) is 41.1 Å². The van der Waals surface area contributed by atoms with E-state index in [0.29, 0.717) is 5.92 Å². The van der Waals surface area contributed by atoms with E-state index in [2.05, 4.69) is 0 Å². The molecular weight excluding hydrogens is 216 g/mol. The van der Waals surface area contributed by atoms with Crippen molar-refractivity contribution in [3.05, 3.63) is 0 Å². The second-order valence-electron chi connectivity index (χ2n) is 6.25. The van der Waals surface area contributed by atoms with Gasteiger partial charge in [0.1, 0.15) is 0 Å². The molecule has 1 aliphatic heterocycles. The fraction of sp³-hybridized carbons (Fsp3) is 0.923. The zero-order chi connectivity index (χ0) is 13.2. The summed E-state index contributed by atoms with van der Waals surface area (Å²) in [4.78, 5) is 14.0. The minimum absolute atomic E-state index is 0.0431. The summed E-state index contributed by atoms with van der Waals surface area (Å²) < 4.78 is 0. The van der Waals surface area contributed by atoms with Gasteiger partial charge in [0.25, 0.3) is 0 Å². The molecule has 0 spiro atoms. The molecule has 1 amide bonds. The third kappa shape index (κ3) is 3.68. The molecule has 0 aromatic carbocycles. The van der Waals surface area contributed by atoms with E-state index in [4.69, 9.17) is 5.73 Å². The lowest BCUT2D eigenvalue weighted by atomic mass is 9.85. The summed E-state index contributed by atoms with van der Waals surface area (Å²) in [5, 5.41) is 9.51. The van der Waals surface area contributed by atoms with Crippen LogP contribution >= 0.6 is 0 Å². The first kappa shape index (κ1) is 14.5. The SMILES string of the molecule is CC(O)C1CCN(C(=O)[C@H](N)C(C)(C)C)CC1. The second kappa shape index (κ2) is 5.36. The smallest absolute Gasteiger partial charge is 0.240 e. The molecule has 4 heteroatoms. The Kier molecular flexibility index (Phi) is 4.55. The Morgan fingerprint density at radius 3 is 2.18 bits per heavy atom. The van der Waals surface area contributed by atoms with Crippen molar-refractivity contribution >= 4 is 5.91 Å². The largest absolute Gasteiger partial charge is 0.393 e. The van der Waals surface area contributed by atoms with Gasteiger partial charge in [-0.25, -0.2) is 0 Å². The lowest BCUT2D eigenvalue weighted by Gasteiger charge is -2.37. The van der Waals surface area contributed by atoms with Crippen LogP contribution in [0.15, 0.2) is 0 Å². The van der Waals surface area contributed by atoms with Gasteiger partial charge >= 0.3 is 0 Å². The Labute approximate surface area is 104 Å². The van der Waals surface area contributed by atoms with Crippen molar-refractivity contribution in [2.75, 3.05) is 13.1 Å². The highest BCUT2D eigenvalue weighted by Gasteiger charge is 2.33. The number of hydrogen-bond donors (Lipinski definition) is 2. The van der Waals surface area contributed by atoms with Crippen LogP contribution < -0.4 is 5.73 Å². The first-order valence-corrected chi connectivity index (χ1v) is 6.46. The molecule has 1 heterocycles. The van der Waals surface area contributed by atoms with E-state index < -0.39 is 6.04 Å². The minimum Gasteiger partial charge on any atom is -0.393 e. The molecule has 17 heavy (non-hydrogen) atoms. The van der Waals surface area contributed by atoms with Gasteiger partial charge in [0.05, 0.1) is 12.1 Å². The predicted molar refractivity (Wildman–Crippen MR) is 68.4 cm³/mol. The predicted octanol–water partition coefficient (Wildman–Crippen LogP) is 0.979. The highest BCUT2D eigenvalue weighted by molar-refractivity contribution is 5.82. The summed E-state index contributed by atoms with van der Waals surface area (Å²) in [6.07, 6.45) is 1.48. The van der Waals surface area contributed by atoms with Crippen LogP contribution in [-0.2, 0) is 4.79 Å². The van der Waals surface area contributed by atoms with E-state index in [1.165, 1.54) is 0 Å². The van der Waals surface area contributed by atoms with Gasteiger partial charge in [0, 0.05) is 13.1 Å². The molecule has 1 saturated heterocycles. The molecular formula is C13H26N2O2. The number of aliphatic hydroxyl groups excluding tert-OH is 1. The molecule has 4 nitrogen and oxygen atoms in total. The summed E-state index contributed by atoms with van der Waals surface area (Å²) >= 11 is 0. The minimum atomic E-state index is -0.439. The molecule has 0 saturated carbocycles. The van der Waals surface area contributed by atoms with Crippen molar-refractivity contribution in [1.29, 1.82) is 0 Å². The third-order valence-electron chi connectivity index (χ3n) is 3.73. The number of nitrogens with two attached hydrogens (primary N) is 1. The molecule has 0 aliphatic carbocycles. The van der Waals surface area contributed by atoms with Crippen LogP contribution in [0, 0.1) is 11.3 Å². The van der Waals surface area contributed by atoms with Crippen molar-refractivity contribution in [2.45, 2.75) is 52.7 Å². The highest BCUT2D eigenvalue weighted by atomic mass is 16.3. The van der Waals surface area contributed by atoms with Gasteiger partial charge in [-0.2, -0.15) is 0 Å². The van der Waals surface area contributed by atoms with Crippen LogP contribution in [0.4, 0.5) is 0 Å². The highest BCUT2D eigenvalue weighted by Crippen LogP contribution is 2.24. The maximum absolute atomic E-state index is 12.2. The molecule has 1 fully saturated rings. The molecule has 1 aliphatic rings. The fourth-order valence-corrected chi connectivity index (χ4v) is 2.17. The van der Waals surface area contributed by atoms with Crippen molar-refractivity contribution in [2.24, 2.45) is 17.1 Å². The molecule has 100 valence electrons. The summed E-state index contributed by atoms with van der Waals surface area (Å²) in [6.45, 7) is 9.22. The number of hydrogen-bond acceptors (Lipinski definition) is 3. The van der Waals surface area contributed by atoms with E-state index in [1.54, 1.807) is 0 Å². The van der Waals surface area contributed by atoms with Gasteiger partial charge in [-0.1, -0.05) is 20.8 Å². The van der Waals surface area contributed by atoms with E-state index in [1.807, 2.05) is 32.6 Å². The average molecular weight is 242 g/mol. The third-order valence-corrected chi connectivity index (χ3v) is 3.73. The van der Waals surface area contributed by atoms with Crippen LogP contribution in [0.1, 0.15) is 40.5 Å². The Morgan fingerprint density at radius 1 is 1.35 bits per heavy atom. The van der Waals surface area contributed by atoms with Crippen molar-refractivity contribution in [3.63, 3.8) is 0 Å². The normalized spacial score (nSPS) is 22.4. The monoisotopic (exact) mass is 242 g/mol. The number of carbonyl (C=O) groups is 1. The molecule has 3 N–H and O–H groups in total. The van der Waals surface area contributed by atoms with E-state index in [-0.39, 0.29) is 17.4 Å². The first-order valence-electron chi connectivity index (χ1n) is 6.46. The zero-order valence-corrected chi connectivity index (χ0v) is 11.4. The van der Waals surface area contributed by atoms with E-state index >= 15 is 0 Å². The molecule has 1 rings (SSSR count). The number of nitrogens with zero attached hydrogens (tertiary/aromatic N) is 1. The average Bonchev–Trinajstić information content (AvgIpc) is 2.26. The van der Waals surface area contributed by atoms with Crippen LogP contribution in [0.2, 0.25) is 0 Å². The van der Waals surface area contributed by atoms with Gasteiger partial charge < -0.3 is 15.7 Å². The lowest BCUT2D eigenvalue weighted by Crippen LogP contribution is -2.52. The van der Waals surface area contributed by atoms with Gasteiger partial charge in [0.2, 0.25) is 5.91 Å². The fourth-order valence-electron chi connectivity index (χ4n) is 2.17. The Hall–Kier alpha value is -0.610. The molecule has 2 atom stereocenters.